The molecule has 4 heteroatoms. The van der Waals surface area contributed by atoms with Crippen LogP contribution in [0.4, 0.5) is 0 Å². The highest BCUT2D eigenvalue weighted by atomic mass is 16.3. The summed E-state index contributed by atoms with van der Waals surface area (Å²) in [4.78, 5) is 12.2. The Kier molecular flexibility index (Phi) is 5.03. The van der Waals surface area contributed by atoms with Crippen LogP contribution in [-0.2, 0) is 0 Å². The predicted molar refractivity (Wildman–Crippen MR) is 86.0 cm³/mol. The molecule has 2 N–H and O–H groups in total. The molecule has 2 rings (SSSR count). The van der Waals surface area contributed by atoms with Crippen molar-refractivity contribution in [3.05, 3.63) is 58.0 Å². The molecular formula is C18H23NO3. The zero-order chi connectivity index (χ0) is 16.3. The van der Waals surface area contributed by atoms with Crippen LogP contribution in [0.2, 0.25) is 0 Å². The summed E-state index contributed by atoms with van der Waals surface area (Å²) in [5.41, 5.74) is 3.56. The summed E-state index contributed by atoms with van der Waals surface area (Å²) >= 11 is 0. The standard InChI is InChI=1S/C18H23NO3/c1-11-5-6-15(12(2)9-11)18(21)19-8-7-17(20)16-10-13(3)22-14(16)4/h5-6,9-10,17,20H,7-8H2,1-4H3,(H,19,21). The fourth-order valence-corrected chi connectivity index (χ4v) is 2.62. The molecule has 0 spiro atoms. The van der Waals surface area contributed by atoms with E-state index in [0.29, 0.717) is 18.5 Å². The zero-order valence-electron chi connectivity index (χ0n) is 13.6. The number of aryl methyl sites for hydroxylation is 4. The van der Waals surface area contributed by atoms with E-state index in [1.807, 2.05) is 52.0 Å². The Bertz CT molecular complexity index is 673. The molecule has 0 bridgehead atoms. The van der Waals surface area contributed by atoms with Crippen molar-refractivity contribution in [2.24, 2.45) is 0 Å². The molecular weight excluding hydrogens is 278 g/mol. The van der Waals surface area contributed by atoms with Gasteiger partial charge in [0.1, 0.15) is 11.5 Å². The fourth-order valence-electron chi connectivity index (χ4n) is 2.62. The zero-order valence-corrected chi connectivity index (χ0v) is 13.6. The lowest BCUT2D eigenvalue weighted by atomic mass is 10.0. The molecule has 0 saturated heterocycles. The molecule has 1 aromatic carbocycles. The second-order valence-electron chi connectivity index (χ2n) is 5.75. The van der Waals surface area contributed by atoms with Gasteiger partial charge in [0.15, 0.2) is 0 Å². The van der Waals surface area contributed by atoms with Gasteiger partial charge in [-0.25, -0.2) is 0 Å². The maximum absolute atomic E-state index is 12.2. The van der Waals surface area contributed by atoms with Crippen LogP contribution in [0.1, 0.15) is 51.1 Å². The van der Waals surface area contributed by atoms with Crippen LogP contribution < -0.4 is 5.32 Å². The Labute approximate surface area is 131 Å². The van der Waals surface area contributed by atoms with Gasteiger partial charge in [0, 0.05) is 17.7 Å². The Balaban J connectivity index is 1.90. The van der Waals surface area contributed by atoms with Crippen LogP contribution in [0.15, 0.2) is 28.7 Å². The molecule has 0 aliphatic rings. The summed E-state index contributed by atoms with van der Waals surface area (Å²) in [6.07, 6.45) is -0.173. The van der Waals surface area contributed by atoms with Gasteiger partial charge in [0.25, 0.3) is 5.91 Å². The molecule has 0 saturated carbocycles. The lowest BCUT2D eigenvalue weighted by Crippen LogP contribution is -2.26. The fraction of sp³-hybridized carbons (Fsp3) is 0.389. The number of carbonyl (C=O) groups excluding carboxylic acids is 1. The van der Waals surface area contributed by atoms with Gasteiger partial charge in [-0.05, 0) is 51.8 Å². The van der Waals surface area contributed by atoms with Crippen molar-refractivity contribution in [1.82, 2.24) is 5.32 Å². The van der Waals surface area contributed by atoms with Crippen molar-refractivity contribution in [3.63, 3.8) is 0 Å². The number of amides is 1. The minimum absolute atomic E-state index is 0.107. The van der Waals surface area contributed by atoms with Crippen molar-refractivity contribution >= 4 is 5.91 Å². The maximum Gasteiger partial charge on any atom is 0.251 e. The lowest BCUT2D eigenvalue weighted by Gasteiger charge is -2.12. The molecule has 1 unspecified atom stereocenters. The van der Waals surface area contributed by atoms with Crippen molar-refractivity contribution in [3.8, 4) is 0 Å². The van der Waals surface area contributed by atoms with E-state index in [2.05, 4.69) is 5.32 Å². The molecule has 1 aromatic heterocycles. The average Bonchev–Trinajstić information content (AvgIpc) is 2.77. The van der Waals surface area contributed by atoms with Crippen LogP contribution in [0.3, 0.4) is 0 Å². The van der Waals surface area contributed by atoms with E-state index in [9.17, 15) is 9.90 Å². The van der Waals surface area contributed by atoms with E-state index in [-0.39, 0.29) is 5.91 Å². The van der Waals surface area contributed by atoms with E-state index in [4.69, 9.17) is 4.42 Å². The number of aliphatic hydroxyl groups excluding tert-OH is 1. The largest absolute Gasteiger partial charge is 0.466 e. The minimum atomic E-state index is -0.628. The highest BCUT2D eigenvalue weighted by Gasteiger charge is 2.15. The van der Waals surface area contributed by atoms with Gasteiger partial charge in [-0.2, -0.15) is 0 Å². The summed E-state index contributed by atoms with van der Waals surface area (Å²) in [6, 6.07) is 7.59. The molecule has 118 valence electrons. The SMILES string of the molecule is Cc1ccc(C(=O)NCCC(O)c2cc(C)oc2C)c(C)c1. The molecule has 1 amide bonds. The average molecular weight is 301 g/mol. The number of hydrogen-bond acceptors (Lipinski definition) is 3. The molecule has 4 nitrogen and oxygen atoms in total. The normalized spacial score (nSPS) is 12.2. The van der Waals surface area contributed by atoms with E-state index >= 15 is 0 Å². The topological polar surface area (TPSA) is 62.5 Å². The smallest absolute Gasteiger partial charge is 0.251 e. The number of benzene rings is 1. The van der Waals surface area contributed by atoms with E-state index in [0.717, 1.165) is 28.2 Å². The molecule has 22 heavy (non-hydrogen) atoms. The molecule has 0 aliphatic carbocycles. The lowest BCUT2D eigenvalue weighted by molar-refractivity contribution is 0.0942. The second kappa shape index (κ2) is 6.79. The summed E-state index contributed by atoms with van der Waals surface area (Å²) < 4.78 is 5.41. The monoisotopic (exact) mass is 301 g/mol. The number of rotatable bonds is 5. The summed E-state index contributed by atoms with van der Waals surface area (Å²) in [7, 11) is 0. The molecule has 0 fully saturated rings. The first kappa shape index (κ1) is 16.3. The quantitative estimate of drug-likeness (QED) is 0.890. The van der Waals surface area contributed by atoms with Crippen LogP contribution in [0.25, 0.3) is 0 Å². The van der Waals surface area contributed by atoms with Gasteiger partial charge in [-0.3, -0.25) is 4.79 Å². The molecule has 0 radical (unpaired) electrons. The predicted octanol–water partition coefficient (Wildman–Crippen LogP) is 3.37. The maximum atomic E-state index is 12.2. The van der Waals surface area contributed by atoms with E-state index < -0.39 is 6.10 Å². The van der Waals surface area contributed by atoms with Gasteiger partial charge in [0.05, 0.1) is 6.10 Å². The molecule has 1 atom stereocenters. The number of nitrogens with one attached hydrogen (secondary N) is 1. The van der Waals surface area contributed by atoms with Gasteiger partial charge in [0.2, 0.25) is 0 Å². The number of furan rings is 1. The van der Waals surface area contributed by atoms with Gasteiger partial charge in [-0.15, -0.1) is 0 Å². The Morgan fingerprint density at radius 2 is 1.95 bits per heavy atom. The Morgan fingerprint density at radius 3 is 2.55 bits per heavy atom. The summed E-state index contributed by atoms with van der Waals surface area (Å²) in [5, 5.41) is 13.0. The summed E-state index contributed by atoms with van der Waals surface area (Å²) in [6.45, 7) is 8.02. The number of carbonyl (C=O) groups is 1. The Hall–Kier alpha value is -2.07. The second-order valence-corrected chi connectivity index (χ2v) is 5.75. The van der Waals surface area contributed by atoms with Crippen LogP contribution in [0.5, 0.6) is 0 Å². The molecule has 1 heterocycles. The number of hydrogen-bond donors (Lipinski definition) is 2. The Morgan fingerprint density at radius 1 is 1.23 bits per heavy atom. The van der Waals surface area contributed by atoms with Gasteiger partial charge >= 0.3 is 0 Å². The van der Waals surface area contributed by atoms with Gasteiger partial charge in [-0.1, -0.05) is 17.7 Å². The first-order chi connectivity index (χ1) is 10.4. The van der Waals surface area contributed by atoms with Crippen LogP contribution >= 0.6 is 0 Å². The summed E-state index contributed by atoms with van der Waals surface area (Å²) in [5.74, 6) is 1.40. The third-order valence-electron chi connectivity index (χ3n) is 3.77. The minimum Gasteiger partial charge on any atom is -0.466 e. The van der Waals surface area contributed by atoms with Crippen molar-refractivity contribution in [2.45, 2.75) is 40.2 Å². The third kappa shape index (κ3) is 3.77. The van der Waals surface area contributed by atoms with E-state index in [1.165, 1.54) is 0 Å². The van der Waals surface area contributed by atoms with Crippen molar-refractivity contribution < 1.29 is 14.3 Å². The number of aliphatic hydroxyl groups is 1. The van der Waals surface area contributed by atoms with Crippen molar-refractivity contribution in [2.75, 3.05) is 6.54 Å². The molecule has 2 aromatic rings. The molecule has 0 aliphatic heterocycles. The van der Waals surface area contributed by atoms with E-state index in [1.54, 1.807) is 0 Å². The van der Waals surface area contributed by atoms with Crippen LogP contribution in [-0.4, -0.2) is 17.6 Å². The highest BCUT2D eigenvalue weighted by molar-refractivity contribution is 5.95. The van der Waals surface area contributed by atoms with Crippen LogP contribution in [0, 0.1) is 27.7 Å². The van der Waals surface area contributed by atoms with Crippen molar-refractivity contribution in [1.29, 1.82) is 0 Å². The highest BCUT2D eigenvalue weighted by Crippen LogP contribution is 2.23. The first-order valence-corrected chi connectivity index (χ1v) is 7.49. The third-order valence-corrected chi connectivity index (χ3v) is 3.77. The first-order valence-electron chi connectivity index (χ1n) is 7.49. The van der Waals surface area contributed by atoms with Gasteiger partial charge < -0.3 is 14.8 Å².